The van der Waals surface area contributed by atoms with Crippen LogP contribution in [0, 0.1) is 0 Å². The Morgan fingerprint density at radius 3 is 2.70 bits per heavy atom. The van der Waals surface area contributed by atoms with Crippen LogP contribution in [0.15, 0.2) is 70.1 Å². The molecule has 0 spiro atoms. The molecule has 1 aliphatic heterocycles. The number of nitrogens with zero attached hydrogens (tertiary/aromatic N) is 4. The van der Waals surface area contributed by atoms with Crippen LogP contribution in [-0.2, 0) is 0 Å². The minimum absolute atomic E-state index is 0.0537. The molecule has 1 aliphatic rings. The maximum absolute atomic E-state index is 12.3. The Morgan fingerprint density at radius 1 is 0.963 bits per heavy atom. The van der Waals surface area contributed by atoms with Gasteiger partial charge in [0, 0.05) is 17.8 Å². The van der Waals surface area contributed by atoms with Crippen molar-refractivity contribution < 1.29 is 14.0 Å². The predicted octanol–water partition coefficient (Wildman–Crippen LogP) is 2.68. The number of ether oxygens (including phenoxy) is 2. The highest BCUT2D eigenvalue weighted by atomic mass is 16.7. The van der Waals surface area contributed by atoms with Gasteiger partial charge in [0.25, 0.3) is 5.89 Å². The smallest absolute Gasteiger partial charge is 0.282 e. The minimum atomic E-state index is -0.303. The Balaban J connectivity index is 1.54. The Morgan fingerprint density at radius 2 is 1.81 bits per heavy atom. The molecule has 0 saturated heterocycles. The molecule has 0 atom stereocenters. The summed E-state index contributed by atoms with van der Waals surface area (Å²) in [7, 11) is 0. The highest BCUT2D eigenvalue weighted by Gasteiger charge is 2.19. The van der Waals surface area contributed by atoms with Gasteiger partial charge in [-0.05, 0) is 30.3 Å². The minimum Gasteiger partial charge on any atom is -0.454 e. The maximum atomic E-state index is 12.3. The van der Waals surface area contributed by atoms with Gasteiger partial charge in [0.2, 0.25) is 18.0 Å². The van der Waals surface area contributed by atoms with Crippen LogP contribution in [0.25, 0.3) is 28.7 Å². The monoisotopic (exact) mass is 360 g/mol. The molecular formula is C19H12N4O4. The third kappa shape index (κ3) is 2.73. The van der Waals surface area contributed by atoms with E-state index in [1.807, 2.05) is 30.3 Å². The number of hydrogen-bond donors (Lipinski definition) is 0. The molecule has 0 aliphatic carbocycles. The average molecular weight is 360 g/mol. The number of hydrogen-bond acceptors (Lipinski definition) is 7. The van der Waals surface area contributed by atoms with Gasteiger partial charge in [-0.1, -0.05) is 23.4 Å². The van der Waals surface area contributed by atoms with E-state index in [4.69, 9.17) is 14.0 Å². The van der Waals surface area contributed by atoms with Crippen molar-refractivity contribution in [2.75, 3.05) is 6.79 Å². The summed E-state index contributed by atoms with van der Waals surface area (Å²) in [5, 5.41) is 8.30. The molecule has 2 aromatic heterocycles. The van der Waals surface area contributed by atoms with E-state index in [2.05, 4.69) is 15.2 Å². The molecule has 2 aromatic carbocycles. The lowest BCUT2D eigenvalue weighted by atomic mass is 10.2. The summed E-state index contributed by atoms with van der Waals surface area (Å²) < 4.78 is 17.5. The standard InChI is InChI=1S/C19H12N4O4/c24-14-8-9-23(13-4-2-1-3-5-13)21-17(14)19-20-18(22-27-19)12-6-7-15-16(10-12)26-11-25-15/h1-10H,11H2. The zero-order chi connectivity index (χ0) is 18.2. The van der Waals surface area contributed by atoms with Crippen molar-refractivity contribution in [3.63, 3.8) is 0 Å². The summed E-state index contributed by atoms with van der Waals surface area (Å²) in [5.41, 5.74) is 1.28. The maximum Gasteiger partial charge on any atom is 0.282 e. The Labute approximate surface area is 152 Å². The number of benzene rings is 2. The SMILES string of the molecule is O=c1ccn(-c2ccccc2)nc1-c1nc(-c2ccc3c(c2)OCO3)no1. The second-order valence-electron chi connectivity index (χ2n) is 5.80. The van der Waals surface area contributed by atoms with Gasteiger partial charge < -0.3 is 14.0 Å². The number of rotatable bonds is 3. The molecule has 8 nitrogen and oxygen atoms in total. The van der Waals surface area contributed by atoms with E-state index in [1.165, 1.54) is 6.07 Å². The third-order valence-electron chi connectivity index (χ3n) is 4.09. The summed E-state index contributed by atoms with van der Waals surface area (Å²) in [6, 6.07) is 16.2. The fraction of sp³-hybridized carbons (Fsp3) is 0.0526. The average Bonchev–Trinajstić information content (AvgIpc) is 3.38. The first-order valence-electron chi connectivity index (χ1n) is 8.17. The number of para-hydroxylation sites is 1. The summed E-state index contributed by atoms with van der Waals surface area (Å²) in [4.78, 5) is 16.6. The lowest BCUT2D eigenvalue weighted by Crippen LogP contribution is -2.12. The van der Waals surface area contributed by atoms with Crippen LogP contribution < -0.4 is 14.9 Å². The van der Waals surface area contributed by atoms with E-state index in [1.54, 1.807) is 29.1 Å². The van der Waals surface area contributed by atoms with Crippen LogP contribution >= 0.6 is 0 Å². The molecule has 0 N–H and O–H groups in total. The molecule has 4 aromatic rings. The van der Waals surface area contributed by atoms with Crippen molar-refractivity contribution in [2.24, 2.45) is 0 Å². The van der Waals surface area contributed by atoms with Crippen LogP contribution in [0.2, 0.25) is 0 Å². The summed E-state index contributed by atoms with van der Waals surface area (Å²) in [6.45, 7) is 0.184. The molecule has 132 valence electrons. The molecule has 0 amide bonds. The van der Waals surface area contributed by atoms with E-state index < -0.39 is 0 Å². The van der Waals surface area contributed by atoms with Gasteiger partial charge in [0.15, 0.2) is 17.2 Å². The van der Waals surface area contributed by atoms with Crippen molar-refractivity contribution >= 4 is 0 Å². The van der Waals surface area contributed by atoms with E-state index in [0.29, 0.717) is 22.9 Å². The zero-order valence-electron chi connectivity index (χ0n) is 13.9. The first-order valence-corrected chi connectivity index (χ1v) is 8.17. The van der Waals surface area contributed by atoms with Gasteiger partial charge in [-0.15, -0.1) is 0 Å². The molecule has 5 rings (SSSR count). The quantitative estimate of drug-likeness (QED) is 0.554. The second kappa shape index (κ2) is 6.10. The molecule has 0 unspecified atom stereocenters. The van der Waals surface area contributed by atoms with Crippen molar-refractivity contribution in [2.45, 2.75) is 0 Å². The highest BCUT2D eigenvalue weighted by Crippen LogP contribution is 2.35. The molecule has 0 radical (unpaired) electrons. The fourth-order valence-electron chi connectivity index (χ4n) is 2.75. The van der Waals surface area contributed by atoms with Gasteiger partial charge in [0.05, 0.1) is 5.69 Å². The molecule has 0 fully saturated rings. The van der Waals surface area contributed by atoms with Crippen molar-refractivity contribution in [1.82, 2.24) is 19.9 Å². The largest absolute Gasteiger partial charge is 0.454 e. The van der Waals surface area contributed by atoms with Crippen LogP contribution in [0.5, 0.6) is 11.5 Å². The van der Waals surface area contributed by atoms with Crippen molar-refractivity contribution in [1.29, 1.82) is 0 Å². The third-order valence-corrected chi connectivity index (χ3v) is 4.09. The normalized spacial score (nSPS) is 12.3. The Bertz CT molecular complexity index is 1180. The highest BCUT2D eigenvalue weighted by molar-refractivity contribution is 5.62. The topological polar surface area (TPSA) is 92.3 Å². The van der Waals surface area contributed by atoms with Crippen molar-refractivity contribution in [3.05, 3.63) is 71.0 Å². The van der Waals surface area contributed by atoms with E-state index in [9.17, 15) is 4.79 Å². The molecule has 0 bridgehead atoms. The lowest BCUT2D eigenvalue weighted by molar-refractivity contribution is 0.174. The molecule has 8 heteroatoms. The molecular weight excluding hydrogens is 348 g/mol. The Hall–Kier alpha value is -3.94. The molecule has 3 heterocycles. The van der Waals surface area contributed by atoms with Gasteiger partial charge in [0.1, 0.15) is 0 Å². The van der Waals surface area contributed by atoms with Crippen LogP contribution in [0.1, 0.15) is 0 Å². The van der Waals surface area contributed by atoms with Gasteiger partial charge in [-0.2, -0.15) is 10.1 Å². The van der Waals surface area contributed by atoms with Gasteiger partial charge >= 0.3 is 0 Å². The fourth-order valence-corrected chi connectivity index (χ4v) is 2.75. The van der Waals surface area contributed by atoms with E-state index >= 15 is 0 Å². The predicted molar refractivity (Wildman–Crippen MR) is 94.7 cm³/mol. The van der Waals surface area contributed by atoms with Crippen LogP contribution in [0.4, 0.5) is 0 Å². The zero-order valence-corrected chi connectivity index (χ0v) is 13.9. The first kappa shape index (κ1) is 15.3. The number of fused-ring (bicyclic) bond motifs is 1. The van der Waals surface area contributed by atoms with E-state index in [-0.39, 0.29) is 23.8 Å². The molecule has 0 saturated carbocycles. The van der Waals surface area contributed by atoms with Crippen LogP contribution in [-0.4, -0.2) is 26.7 Å². The van der Waals surface area contributed by atoms with Gasteiger partial charge in [-0.25, -0.2) is 4.68 Å². The molecule has 27 heavy (non-hydrogen) atoms. The summed E-state index contributed by atoms with van der Waals surface area (Å²) in [6.07, 6.45) is 1.59. The summed E-state index contributed by atoms with van der Waals surface area (Å²) >= 11 is 0. The van der Waals surface area contributed by atoms with Gasteiger partial charge in [-0.3, -0.25) is 4.79 Å². The first-order chi connectivity index (χ1) is 13.3. The van der Waals surface area contributed by atoms with Crippen LogP contribution in [0.3, 0.4) is 0 Å². The van der Waals surface area contributed by atoms with E-state index in [0.717, 1.165) is 5.69 Å². The lowest BCUT2D eigenvalue weighted by Gasteiger charge is -2.04. The Kier molecular flexibility index (Phi) is 3.46. The van der Waals surface area contributed by atoms with Crippen molar-refractivity contribution in [3.8, 4) is 40.2 Å². The summed E-state index contributed by atoms with van der Waals surface area (Å²) in [5.74, 6) is 1.67. The number of aromatic nitrogens is 4. The second-order valence-corrected chi connectivity index (χ2v) is 5.80.